The minimum Gasteiger partial charge on any atom is -0.480 e. The number of para-hydroxylation sites is 1. The van der Waals surface area contributed by atoms with Crippen molar-refractivity contribution < 1.29 is 23.4 Å². The molecule has 0 aliphatic carbocycles. The fourth-order valence-corrected chi connectivity index (χ4v) is 3.53. The molecule has 2 unspecified atom stereocenters. The Morgan fingerprint density at radius 3 is 2.65 bits per heavy atom. The number of hydrogen-bond donors (Lipinski definition) is 2. The number of carboxylic acids is 1. The number of carboxylic acid groups (broad SMARTS) is 1. The third kappa shape index (κ3) is 2.64. The van der Waals surface area contributed by atoms with E-state index >= 15 is 0 Å². The molecule has 1 aromatic rings. The van der Waals surface area contributed by atoms with Crippen molar-refractivity contribution >= 4 is 21.5 Å². The number of anilines is 1. The molecule has 20 heavy (non-hydrogen) atoms. The topological polar surface area (TPSA) is 94.9 Å². The Hall–Kier alpha value is -1.60. The van der Waals surface area contributed by atoms with Crippen LogP contribution < -0.4 is 4.90 Å². The van der Waals surface area contributed by atoms with Crippen molar-refractivity contribution in [3.63, 3.8) is 0 Å². The summed E-state index contributed by atoms with van der Waals surface area (Å²) in [5.74, 6) is -1.12. The first kappa shape index (κ1) is 14.8. The average Bonchev–Trinajstić information content (AvgIpc) is 2.81. The number of aliphatic carboxylic acids is 1. The molecule has 1 aromatic carbocycles. The van der Waals surface area contributed by atoms with Crippen molar-refractivity contribution in [3.05, 3.63) is 24.3 Å². The van der Waals surface area contributed by atoms with Gasteiger partial charge < -0.3 is 15.1 Å². The molecule has 0 spiro atoms. The molecule has 1 saturated heterocycles. The van der Waals surface area contributed by atoms with Crippen LogP contribution in [-0.2, 0) is 14.6 Å². The van der Waals surface area contributed by atoms with Crippen LogP contribution in [0, 0.1) is 0 Å². The van der Waals surface area contributed by atoms with Crippen LogP contribution in [-0.4, -0.2) is 49.0 Å². The van der Waals surface area contributed by atoms with E-state index in [1.807, 2.05) is 0 Å². The van der Waals surface area contributed by atoms with Crippen molar-refractivity contribution in [2.75, 3.05) is 17.2 Å². The van der Waals surface area contributed by atoms with Gasteiger partial charge in [-0.25, -0.2) is 13.2 Å². The third-order valence-corrected chi connectivity index (χ3v) is 5.23. The second-order valence-corrected chi connectivity index (χ2v) is 7.01. The maximum absolute atomic E-state index is 12.1. The van der Waals surface area contributed by atoms with Crippen molar-refractivity contribution in [1.82, 2.24) is 0 Å². The van der Waals surface area contributed by atoms with Crippen LogP contribution in [0.5, 0.6) is 0 Å². The van der Waals surface area contributed by atoms with Gasteiger partial charge in [0.15, 0.2) is 9.84 Å². The molecule has 6 nitrogen and oxygen atoms in total. The van der Waals surface area contributed by atoms with E-state index in [-0.39, 0.29) is 23.6 Å². The van der Waals surface area contributed by atoms with Gasteiger partial charge in [0, 0.05) is 13.0 Å². The van der Waals surface area contributed by atoms with Crippen LogP contribution in [0.3, 0.4) is 0 Å². The predicted molar refractivity (Wildman–Crippen MR) is 73.6 cm³/mol. The minimum absolute atomic E-state index is 0.0574. The maximum Gasteiger partial charge on any atom is 0.326 e. The van der Waals surface area contributed by atoms with Crippen LogP contribution in [0.4, 0.5) is 5.69 Å². The number of rotatable bonds is 4. The number of sulfone groups is 1. The van der Waals surface area contributed by atoms with E-state index in [0.717, 1.165) is 0 Å². The number of aliphatic hydroxyl groups is 1. The number of β-amino-alcohol motifs (C(OH)–C–C–N with tert-alkyl or cyclic N) is 1. The number of hydrogen-bond acceptors (Lipinski definition) is 5. The predicted octanol–water partition coefficient (Wildman–Crippen LogP) is 0.504. The Bertz CT molecular complexity index is 613. The Balaban J connectivity index is 2.50. The van der Waals surface area contributed by atoms with Crippen LogP contribution in [0.25, 0.3) is 0 Å². The van der Waals surface area contributed by atoms with Gasteiger partial charge in [-0.05, 0) is 12.1 Å². The largest absolute Gasteiger partial charge is 0.480 e. The molecule has 0 bridgehead atoms. The highest BCUT2D eigenvalue weighted by molar-refractivity contribution is 7.91. The van der Waals surface area contributed by atoms with Gasteiger partial charge in [0.2, 0.25) is 0 Å². The molecule has 110 valence electrons. The van der Waals surface area contributed by atoms with Gasteiger partial charge >= 0.3 is 5.97 Å². The quantitative estimate of drug-likeness (QED) is 0.841. The molecule has 0 aromatic heterocycles. The smallest absolute Gasteiger partial charge is 0.326 e. The lowest BCUT2D eigenvalue weighted by Crippen LogP contribution is -2.36. The highest BCUT2D eigenvalue weighted by atomic mass is 32.2. The van der Waals surface area contributed by atoms with Crippen LogP contribution in [0.1, 0.15) is 13.3 Å². The normalized spacial score (nSPS) is 23.0. The van der Waals surface area contributed by atoms with Crippen LogP contribution >= 0.6 is 0 Å². The van der Waals surface area contributed by atoms with Gasteiger partial charge in [0.1, 0.15) is 6.04 Å². The maximum atomic E-state index is 12.1. The molecule has 1 fully saturated rings. The van der Waals surface area contributed by atoms with Gasteiger partial charge in [-0.3, -0.25) is 0 Å². The summed E-state index contributed by atoms with van der Waals surface area (Å²) >= 11 is 0. The zero-order chi connectivity index (χ0) is 14.9. The Kier molecular flexibility index (Phi) is 4.01. The molecule has 2 N–H and O–H groups in total. The van der Waals surface area contributed by atoms with E-state index in [1.54, 1.807) is 25.1 Å². The fourth-order valence-electron chi connectivity index (χ4n) is 2.43. The van der Waals surface area contributed by atoms with Crippen molar-refractivity contribution in [2.24, 2.45) is 0 Å². The number of nitrogens with zero attached hydrogens (tertiary/aromatic N) is 1. The van der Waals surface area contributed by atoms with Crippen LogP contribution in [0.2, 0.25) is 0 Å². The lowest BCUT2D eigenvalue weighted by Gasteiger charge is -2.25. The van der Waals surface area contributed by atoms with E-state index in [0.29, 0.717) is 5.69 Å². The van der Waals surface area contributed by atoms with Crippen molar-refractivity contribution in [2.45, 2.75) is 30.4 Å². The molecule has 0 amide bonds. The molecule has 1 heterocycles. The summed E-state index contributed by atoms with van der Waals surface area (Å²) in [7, 11) is -3.45. The lowest BCUT2D eigenvalue weighted by atomic mass is 10.2. The first-order valence-electron chi connectivity index (χ1n) is 6.36. The zero-order valence-electron chi connectivity index (χ0n) is 11.1. The molecule has 1 aliphatic rings. The highest BCUT2D eigenvalue weighted by Gasteiger charge is 2.38. The molecule has 2 atom stereocenters. The molecule has 0 saturated carbocycles. The Morgan fingerprint density at radius 1 is 1.40 bits per heavy atom. The van der Waals surface area contributed by atoms with Gasteiger partial charge in [-0.15, -0.1) is 0 Å². The van der Waals surface area contributed by atoms with E-state index in [9.17, 15) is 23.4 Å². The molecule has 7 heteroatoms. The van der Waals surface area contributed by atoms with Gasteiger partial charge in [-0.1, -0.05) is 19.1 Å². The van der Waals surface area contributed by atoms with E-state index in [2.05, 4.69) is 0 Å². The summed E-state index contributed by atoms with van der Waals surface area (Å²) < 4.78 is 24.2. The van der Waals surface area contributed by atoms with Gasteiger partial charge in [0.05, 0.1) is 22.4 Å². The highest BCUT2D eigenvalue weighted by Crippen LogP contribution is 2.32. The second-order valence-electron chi connectivity index (χ2n) is 4.77. The zero-order valence-corrected chi connectivity index (χ0v) is 11.9. The van der Waals surface area contributed by atoms with E-state index in [4.69, 9.17) is 0 Å². The third-order valence-electron chi connectivity index (χ3n) is 3.45. The average molecular weight is 299 g/mol. The summed E-state index contributed by atoms with van der Waals surface area (Å²) in [6, 6.07) is 5.41. The summed E-state index contributed by atoms with van der Waals surface area (Å²) in [6.45, 7) is 1.66. The SMILES string of the molecule is CCS(=O)(=O)c1ccccc1N1CC(O)CC1C(=O)O. The van der Waals surface area contributed by atoms with Gasteiger partial charge in [-0.2, -0.15) is 0 Å². The first-order valence-corrected chi connectivity index (χ1v) is 8.01. The summed E-state index contributed by atoms with van der Waals surface area (Å²) in [6.07, 6.45) is -0.677. The molecule has 0 radical (unpaired) electrons. The number of aliphatic hydroxyl groups excluding tert-OH is 1. The first-order chi connectivity index (χ1) is 9.36. The minimum atomic E-state index is -3.45. The van der Waals surface area contributed by atoms with E-state index in [1.165, 1.54) is 11.0 Å². The fraction of sp³-hybridized carbons (Fsp3) is 0.462. The molecular formula is C13H17NO5S. The van der Waals surface area contributed by atoms with E-state index < -0.39 is 28.0 Å². The number of benzene rings is 1. The van der Waals surface area contributed by atoms with Crippen molar-refractivity contribution in [1.29, 1.82) is 0 Å². The lowest BCUT2D eigenvalue weighted by molar-refractivity contribution is -0.138. The molecule has 2 rings (SSSR count). The monoisotopic (exact) mass is 299 g/mol. The second kappa shape index (κ2) is 5.41. The standard InChI is InChI=1S/C13H17NO5S/c1-2-20(18,19)12-6-4-3-5-10(12)14-8-9(15)7-11(14)13(16)17/h3-6,9,11,15H,2,7-8H2,1H3,(H,16,17). The van der Waals surface area contributed by atoms with Crippen molar-refractivity contribution in [3.8, 4) is 0 Å². The Labute approximate surface area is 117 Å². The van der Waals surface area contributed by atoms with Gasteiger partial charge in [0.25, 0.3) is 0 Å². The Morgan fingerprint density at radius 2 is 2.05 bits per heavy atom. The number of carbonyl (C=O) groups is 1. The molecule has 1 aliphatic heterocycles. The van der Waals surface area contributed by atoms with Crippen LogP contribution in [0.15, 0.2) is 29.2 Å². The summed E-state index contributed by atoms with van der Waals surface area (Å²) in [4.78, 5) is 12.8. The molecular weight excluding hydrogens is 282 g/mol. The summed E-state index contributed by atoms with van der Waals surface area (Å²) in [5.41, 5.74) is 0.346. The summed E-state index contributed by atoms with van der Waals surface area (Å²) in [5, 5.41) is 18.9.